The Hall–Kier alpha value is -3.34. The van der Waals surface area contributed by atoms with E-state index < -0.39 is 5.97 Å². The van der Waals surface area contributed by atoms with Gasteiger partial charge in [0.1, 0.15) is 17.0 Å². The lowest BCUT2D eigenvalue weighted by atomic mass is 10.0. The van der Waals surface area contributed by atoms with Crippen molar-refractivity contribution < 1.29 is 19.1 Å². The number of aromatic carboxylic acids is 1. The van der Waals surface area contributed by atoms with Crippen molar-refractivity contribution in [3.8, 4) is 17.2 Å². The number of fused-ring (bicyclic) bond motifs is 2. The van der Waals surface area contributed by atoms with E-state index in [-0.39, 0.29) is 5.56 Å². The Kier molecular flexibility index (Phi) is 3.84. The number of aryl methyl sites for hydroxylation is 1. The quantitative estimate of drug-likeness (QED) is 0.567. The van der Waals surface area contributed by atoms with E-state index in [2.05, 4.69) is 4.98 Å². The topological polar surface area (TPSA) is 72.6 Å². The molecule has 0 fully saturated rings. The van der Waals surface area contributed by atoms with Gasteiger partial charge in [-0.05, 0) is 54.4 Å². The highest BCUT2D eigenvalue weighted by molar-refractivity contribution is 6.04. The van der Waals surface area contributed by atoms with Crippen molar-refractivity contribution in [1.29, 1.82) is 0 Å². The Bertz CT molecular complexity index is 1140. The maximum atomic E-state index is 11.8. The molecule has 4 rings (SSSR count). The first-order chi connectivity index (χ1) is 12.6. The van der Waals surface area contributed by atoms with Crippen molar-refractivity contribution in [1.82, 2.24) is 4.98 Å². The molecule has 5 nitrogen and oxygen atoms in total. The highest BCUT2D eigenvalue weighted by Crippen LogP contribution is 2.31. The monoisotopic (exact) mass is 347 g/mol. The van der Waals surface area contributed by atoms with Gasteiger partial charge < -0.3 is 14.3 Å². The molecular formula is C21H17NO4. The van der Waals surface area contributed by atoms with Crippen LogP contribution in [-0.4, -0.2) is 23.2 Å². The molecule has 2 aromatic heterocycles. The van der Waals surface area contributed by atoms with E-state index in [1.165, 1.54) is 0 Å². The number of methoxy groups -OCH3 is 1. The lowest BCUT2D eigenvalue weighted by Gasteiger charge is -2.07. The molecule has 0 radical (unpaired) electrons. The van der Waals surface area contributed by atoms with E-state index in [0.717, 1.165) is 23.1 Å². The number of carboxylic acids is 1. The third kappa shape index (κ3) is 2.67. The van der Waals surface area contributed by atoms with Gasteiger partial charge in [0.25, 0.3) is 0 Å². The zero-order chi connectivity index (χ0) is 18.3. The van der Waals surface area contributed by atoms with Gasteiger partial charge in [-0.1, -0.05) is 13.0 Å². The van der Waals surface area contributed by atoms with Gasteiger partial charge in [-0.3, -0.25) is 0 Å². The fourth-order valence-corrected chi connectivity index (χ4v) is 3.07. The number of ether oxygens (including phenoxy) is 1. The van der Waals surface area contributed by atoms with E-state index >= 15 is 0 Å². The summed E-state index contributed by atoms with van der Waals surface area (Å²) in [6.07, 6.45) is 0.835. The Labute approximate surface area is 149 Å². The third-order valence-electron chi connectivity index (χ3n) is 4.49. The second-order valence-electron chi connectivity index (χ2n) is 6.08. The average Bonchev–Trinajstić information content (AvgIpc) is 3.09. The molecule has 0 saturated carbocycles. The van der Waals surface area contributed by atoms with E-state index in [1.807, 2.05) is 49.4 Å². The maximum Gasteiger partial charge on any atom is 0.336 e. The Morgan fingerprint density at radius 1 is 1.15 bits per heavy atom. The van der Waals surface area contributed by atoms with Crippen LogP contribution in [0.15, 0.2) is 52.9 Å². The number of hydrogen-bond donors (Lipinski definition) is 1. The fraction of sp³-hybridized carbons (Fsp3) is 0.143. The number of furan rings is 1. The van der Waals surface area contributed by atoms with Crippen molar-refractivity contribution in [3.63, 3.8) is 0 Å². The van der Waals surface area contributed by atoms with Crippen LogP contribution in [0.2, 0.25) is 0 Å². The minimum atomic E-state index is -0.982. The molecule has 0 aliphatic rings. The number of aromatic nitrogens is 1. The van der Waals surface area contributed by atoms with Gasteiger partial charge in [0.05, 0.1) is 18.2 Å². The summed E-state index contributed by atoms with van der Waals surface area (Å²) < 4.78 is 11.1. The largest absolute Gasteiger partial charge is 0.497 e. The van der Waals surface area contributed by atoms with E-state index in [4.69, 9.17) is 9.15 Å². The summed E-state index contributed by atoms with van der Waals surface area (Å²) in [5.74, 6) is 0.275. The average molecular weight is 347 g/mol. The second kappa shape index (κ2) is 6.19. The molecule has 4 aromatic rings. The predicted octanol–water partition coefficient (Wildman–Crippen LogP) is 4.92. The SMILES string of the molecule is CCc1ccc2nc(-c3cc4cc(OC)ccc4o3)cc(C(=O)O)c2c1. The van der Waals surface area contributed by atoms with Crippen LogP contribution in [0.4, 0.5) is 0 Å². The minimum absolute atomic E-state index is 0.221. The first-order valence-electron chi connectivity index (χ1n) is 8.34. The van der Waals surface area contributed by atoms with Crippen LogP contribution in [0.3, 0.4) is 0 Å². The number of rotatable bonds is 4. The zero-order valence-corrected chi connectivity index (χ0v) is 14.4. The summed E-state index contributed by atoms with van der Waals surface area (Å²) in [5, 5.41) is 11.2. The van der Waals surface area contributed by atoms with E-state index in [1.54, 1.807) is 13.2 Å². The number of hydrogen-bond acceptors (Lipinski definition) is 4. The van der Waals surface area contributed by atoms with Crippen LogP contribution in [0.1, 0.15) is 22.8 Å². The Morgan fingerprint density at radius 3 is 2.73 bits per heavy atom. The lowest BCUT2D eigenvalue weighted by molar-refractivity contribution is 0.0699. The van der Waals surface area contributed by atoms with Crippen LogP contribution in [0.25, 0.3) is 33.3 Å². The zero-order valence-electron chi connectivity index (χ0n) is 14.4. The van der Waals surface area contributed by atoms with Crippen LogP contribution in [0, 0.1) is 0 Å². The highest BCUT2D eigenvalue weighted by Gasteiger charge is 2.16. The van der Waals surface area contributed by atoms with Gasteiger partial charge in [0, 0.05) is 10.8 Å². The van der Waals surface area contributed by atoms with Crippen molar-refractivity contribution in [2.75, 3.05) is 7.11 Å². The molecule has 0 aliphatic carbocycles. The first-order valence-corrected chi connectivity index (χ1v) is 8.34. The Balaban J connectivity index is 1.92. The van der Waals surface area contributed by atoms with Crippen molar-refractivity contribution >= 4 is 27.8 Å². The molecule has 0 atom stereocenters. The fourth-order valence-electron chi connectivity index (χ4n) is 3.07. The summed E-state index contributed by atoms with van der Waals surface area (Å²) in [5.41, 5.74) is 3.12. The summed E-state index contributed by atoms with van der Waals surface area (Å²) in [6, 6.07) is 14.6. The normalized spacial score (nSPS) is 11.2. The van der Waals surface area contributed by atoms with Gasteiger partial charge in [0.2, 0.25) is 0 Å². The molecule has 0 amide bonds. The molecule has 1 N–H and O–H groups in total. The Morgan fingerprint density at radius 2 is 2.00 bits per heavy atom. The molecule has 26 heavy (non-hydrogen) atoms. The van der Waals surface area contributed by atoms with Gasteiger partial charge in [-0.2, -0.15) is 0 Å². The highest BCUT2D eigenvalue weighted by atomic mass is 16.5. The number of carboxylic acid groups (broad SMARTS) is 1. The predicted molar refractivity (Wildman–Crippen MR) is 99.8 cm³/mol. The number of pyridine rings is 1. The van der Waals surface area contributed by atoms with Crippen molar-refractivity contribution in [2.24, 2.45) is 0 Å². The minimum Gasteiger partial charge on any atom is -0.497 e. The van der Waals surface area contributed by atoms with Crippen LogP contribution in [-0.2, 0) is 6.42 Å². The summed E-state index contributed by atoms with van der Waals surface area (Å²) in [4.78, 5) is 16.4. The number of nitrogens with zero attached hydrogens (tertiary/aromatic N) is 1. The molecule has 0 saturated heterocycles. The third-order valence-corrected chi connectivity index (χ3v) is 4.49. The van der Waals surface area contributed by atoms with E-state index in [0.29, 0.717) is 27.9 Å². The first kappa shape index (κ1) is 16.1. The molecule has 0 spiro atoms. The molecule has 5 heteroatoms. The van der Waals surface area contributed by atoms with Crippen LogP contribution >= 0.6 is 0 Å². The molecule has 2 heterocycles. The van der Waals surface area contributed by atoms with Gasteiger partial charge in [-0.25, -0.2) is 9.78 Å². The van der Waals surface area contributed by atoms with Crippen molar-refractivity contribution in [2.45, 2.75) is 13.3 Å². The smallest absolute Gasteiger partial charge is 0.336 e. The number of carbonyl (C=O) groups is 1. The molecule has 0 bridgehead atoms. The summed E-state index contributed by atoms with van der Waals surface area (Å²) in [6.45, 7) is 2.03. The standard InChI is InChI=1S/C21H17NO4/c1-3-12-4-6-17-15(8-12)16(21(23)24)11-18(22-17)20-10-13-9-14(25-2)5-7-19(13)26-20/h4-11H,3H2,1-2H3,(H,23,24). The lowest BCUT2D eigenvalue weighted by Crippen LogP contribution is -2.00. The molecule has 2 aromatic carbocycles. The second-order valence-corrected chi connectivity index (χ2v) is 6.08. The molecule has 0 aliphatic heterocycles. The van der Waals surface area contributed by atoms with Crippen LogP contribution in [0.5, 0.6) is 5.75 Å². The van der Waals surface area contributed by atoms with Crippen molar-refractivity contribution in [3.05, 3.63) is 59.7 Å². The molecule has 130 valence electrons. The number of benzene rings is 2. The summed E-state index contributed by atoms with van der Waals surface area (Å²) >= 11 is 0. The molecule has 0 unspecified atom stereocenters. The van der Waals surface area contributed by atoms with E-state index in [9.17, 15) is 9.90 Å². The van der Waals surface area contributed by atoms with Gasteiger partial charge >= 0.3 is 5.97 Å². The molecular weight excluding hydrogens is 330 g/mol. The van der Waals surface area contributed by atoms with Gasteiger partial charge in [0.15, 0.2) is 5.76 Å². The van der Waals surface area contributed by atoms with Crippen LogP contribution < -0.4 is 4.74 Å². The summed E-state index contributed by atoms with van der Waals surface area (Å²) in [7, 11) is 1.61. The van der Waals surface area contributed by atoms with Gasteiger partial charge in [-0.15, -0.1) is 0 Å². The maximum absolute atomic E-state index is 11.8.